The van der Waals surface area contributed by atoms with Crippen LogP contribution in [0.5, 0.6) is 0 Å². The topological polar surface area (TPSA) is 94.0 Å². The number of aliphatic carboxylic acids is 2. The molecule has 0 amide bonds. The van der Waals surface area contributed by atoms with Crippen LogP contribution in [0.25, 0.3) is 0 Å². The van der Waals surface area contributed by atoms with Gasteiger partial charge < -0.3 is 10.2 Å². The number of carboxylic acid groups (broad SMARTS) is 2. The molecule has 0 aliphatic carbocycles. The number of likely N-dealkylation sites (tertiary alicyclic amines) is 2. The van der Waals surface area contributed by atoms with Gasteiger partial charge in [0.15, 0.2) is 0 Å². The average molecular weight is 542 g/mol. The highest BCUT2D eigenvalue weighted by atomic mass is 32.1. The first-order valence-corrected chi connectivity index (χ1v) is 11.5. The van der Waals surface area contributed by atoms with Gasteiger partial charge in [0.2, 0.25) is 0 Å². The highest BCUT2D eigenvalue weighted by Gasteiger charge is 2.40. The second-order valence-electron chi connectivity index (χ2n) is 8.39. The summed E-state index contributed by atoms with van der Waals surface area (Å²) in [5.41, 5.74) is 1.34. The summed E-state index contributed by atoms with van der Waals surface area (Å²) in [5.74, 6) is -3.80. The van der Waals surface area contributed by atoms with E-state index in [2.05, 4.69) is 39.9 Å². The summed E-state index contributed by atoms with van der Waals surface area (Å²) in [7, 11) is 0. The van der Waals surface area contributed by atoms with E-state index in [9.17, 15) is 26.3 Å². The number of hydrogen-bond donors (Lipinski definition) is 2. The van der Waals surface area contributed by atoms with Crippen LogP contribution in [0.2, 0.25) is 0 Å². The minimum atomic E-state index is -5.08. The van der Waals surface area contributed by atoms with Gasteiger partial charge in [-0.2, -0.15) is 26.3 Å². The van der Waals surface area contributed by atoms with Crippen LogP contribution in [-0.4, -0.2) is 75.5 Å². The predicted octanol–water partition coefficient (Wildman–Crippen LogP) is 4.28. The molecular formula is C22H25F6N3O4S. The van der Waals surface area contributed by atoms with E-state index in [0.717, 1.165) is 24.9 Å². The van der Waals surface area contributed by atoms with Gasteiger partial charge in [0.25, 0.3) is 0 Å². The Balaban J connectivity index is 0.000000271. The molecule has 2 aliphatic rings. The first kappa shape index (κ1) is 29.5. The van der Waals surface area contributed by atoms with Crippen molar-refractivity contribution in [3.63, 3.8) is 0 Å². The Kier molecular flexibility index (Phi) is 10.3. The van der Waals surface area contributed by atoms with Crippen molar-refractivity contribution >= 4 is 23.3 Å². The number of pyridine rings is 1. The molecule has 4 rings (SSSR count). The molecule has 0 saturated carbocycles. The van der Waals surface area contributed by atoms with Crippen molar-refractivity contribution in [3.8, 4) is 0 Å². The molecule has 2 saturated heterocycles. The number of halogens is 6. The summed E-state index contributed by atoms with van der Waals surface area (Å²) in [4.78, 5) is 30.2. The lowest BCUT2D eigenvalue weighted by molar-refractivity contribution is -0.193. The monoisotopic (exact) mass is 541 g/mol. The first-order valence-electron chi connectivity index (χ1n) is 10.6. The summed E-state index contributed by atoms with van der Waals surface area (Å²) in [6.07, 6.45) is -6.31. The fourth-order valence-corrected chi connectivity index (χ4v) is 4.92. The maximum atomic E-state index is 10.6. The van der Waals surface area contributed by atoms with Crippen LogP contribution >= 0.6 is 11.3 Å². The number of carboxylic acids is 2. The van der Waals surface area contributed by atoms with Crippen molar-refractivity contribution in [1.29, 1.82) is 0 Å². The summed E-state index contributed by atoms with van der Waals surface area (Å²) in [6.45, 7) is 9.44. The largest absolute Gasteiger partial charge is 0.490 e. The maximum absolute atomic E-state index is 10.6. The molecule has 0 spiro atoms. The van der Waals surface area contributed by atoms with Crippen LogP contribution in [0.3, 0.4) is 0 Å². The SMILES string of the molecule is Cc1ccc(CN2CC3CN(Cc4cccnc4)CC3C2)s1.O=C(O)C(F)(F)F.O=C(O)C(F)(F)F. The minimum absolute atomic E-state index is 0.859. The number of aromatic nitrogens is 1. The van der Waals surface area contributed by atoms with Gasteiger partial charge in [0.05, 0.1) is 0 Å². The third-order valence-corrected chi connectivity index (χ3v) is 6.41. The Bertz CT molecular complexity index is 962. The third-order valence-electron chi connectivity index (χ3n) is 5.43. The zero-order valence-electron chi connectivity index (χ0n) is 19.1. The van der Waals surface area contributed by atoms with Crippen molar-refractivity contribution in [1.82, 2.24) is 14.8 Å². The Labute approximate surface area is 207 Å². The standard InChI is InChI=1S/C18H23N3S.2C2HF3O2/c1-14-4-5-18(22-14)13-21-11-16-9-20(10-17(16)12-21)8-15-3-2-6-19-7-15;2*3-2(4,5)1(6)7/h2-7,16-17H,8-13H2,1H3;2*(H,6,7). The van der Waals surface area contributed by atoms with Gasteiger partial charge in [-0.25, -0.2) is 9.59 Å². The first-order chi connectivity index (χ1) is 16.6. The Morgan fingerprint density at radius 1 is 0.917 bits per heavy atom. The number of alkyl halides is 6. The minimum Gasteiger partial charge on any atom is -0.475 e. The van der Waals surface area contributed by atoms with Gasteiger partial charge in [-0.05, 0) is 42.5 Å². The number of fused-ring (bicyclic) bond motifs is 1. The fraction of sp³-hybridized carbons (Fsp3) is 0.500. The number of carbonyl (C=O) groups is 2. The average Bonchev–Trinajstić information content (AvgIpc) is 3.43. The number of rotatable bonds is 4. The molecule has 2 unspecified atom stereocenters. The van der Waals surface area contributed by atoms with Gasteiger partial charge in [0, 0.05) is 61.4 Å². The molecule has 7 nitrogen and oxygen atoms in total. The molecule has 0 radical (unpaired) electrons. The van der Waals surface area contributed by atoms with Crippen molar-refractivity contribution in [2.24, 2.45) is 11.8 Å². The van der Waals surface area contributed by atoms with Crippen LogP contribution < -0.4 is 0 Å². The van der Waals surface area contributed by atoms with E-state index in [-0.39, 0.29) is 0 Å². The Morgan fingerprint density at radius 2 is 1.39 bits per heavy atom. The van der Waals surface area contributed by atoms with Crippen LogP contribution in [0.4, 0.5) is 26.3 Å². The summed E-state index contributed by atoms with van der Waals surface area (Å²) >= 11 is 1.95. The molecular weight excluding hydrogens is 516 g/mol. The van der Waals surface area contributed by atoms with Gasteiger partial charge in [-0.3, -0.25) is 14.8 Å². The fourth-order valence-electron chi connectivity index (χ4n) is 3.99. The molecule has 4 heterocycles. The van der Waals surface area contributed by atoms with E-state index in [1.807, 2.05) is 29.8 Å². The summed E-state index contributed by atoms with van der Waals surface area (Å²) in [6, 6.07) is 8.76. The molecule has 36 heavy (non-hydrogen) atoms. The lowest BCUT2D eigenvalue weighted by Crippen LogP contribution is -2.28. The van der Waals surface area contributed by atoms with Crippen LogP contribution in [0.1, 0.15) is 15.3 Å². The summed E-state index contributed by atoms with van der Waals surface area (Å²) < 4.78 is 63.5. The second kappa shape index (κ2) is 12.5. The highest BCUT2D eigenvalue weighted by molar-refractivity contribution is 7.11. The zero-order valence-corrected chi connectivity index (χ0v) is 19.9. The zero-order chi connectivity index (χ0) is 27.1. The number of aryl methyl sites for hydroxylation is 1. The van der Waals surface area contributed by atoms with Gasteiger partial charge in [0.1, 0.15) is 0 Å². The van der Waals surface area contributed by atoms with E-state index in [0.29, 0.717) is 0 Å². The lowest BCUT2D eigenvalue weighted by Gasteiger charge is -2.20. The van der Waals surface area contributed by atoms with Crippen LogP contribution in [0, 0.1) is 18.8 Å². The molecule has 14 heteroatoms. The molecule has 2 aromatic heterocycles. The number of hydrogen-bond acceptors (Lipinski definition) is 6. The normalized spacial score (nSPS) is 20.1. The Morgan fingerprint density at radius 3 is 1.75 bits per heavy atom. The second-order valence-corrected chi connectivity index (χ2v) is 9.76. The smallest absolute Gasteiger partial charge is 0.475 e. The predicted molar refractivity (Wildman–Crippen MR) is 118 cm³/mol. The molecule has 0 bridgehead atoms. The highest BCUT2D eigenvalue weighted by Crippen LogP contribution is 2.33. The van der Waals surface area contributed by atoms with Crippen molar-refractivity contribution in [3.05, 3.63) is 52.0 Å². The molecule has 2 aromatic rings. The third kappa shape index (κ3) is 9.74. The van der Waals surface area contributed by atoms with E-state index in [4.69, 9.17) is 19.8 Å². The van der Waals surface area contributed by atoms with E-state index >= 15 is 0 Å². The van der Waals surface area contributed by atoms with Gasteiger partial charge >= 0.3 is 24.3 Å². The maximum Gasteiger partial charge on any atom is 0.490 e. The van der Waals surface area contributed by atoms with Crippen molar-refractivity contribution in [2.45, 2.75) is 32.4 Å². The van der Waals surface area contributed by atoms with Crippen LogP contribution in [0.15, 0.2) is 36.7 Å². The molecule has 2 aliphatic heterocycles. The molecule has 200 valence electrons. The quantitative estimate of drug-likeness (QED) is 0.558. The molecule has 2 fully saturated rings. The van der Waals surface area contributed by atoms with Gasteiger partial charge in [-0.15, -0.1) is 11.3 Å². The number of thiophene rings is 1. The Hall–Kier alpha value is -2.71. The molecule has 2 N–H and O–H groups in total. The van der Waals surface area contributed by atoms with Gasteiger partial charge in [-0.1, -0.05) is 6.07 Å². The number of nitrogens with zero attached hydrogens (tertiary/aromatic N) is 3. The summed E-state index contributed by atoms with van der Waals surface area (Å²) in [5, 5.41) is 14.2. The van der Waals surface area contributed by atoms with Crippen molar-refractivity contribution < 1.29 is 46.1 Å². The van der Waals surface area contributed by atoms with Crippen molar-refractivity contribution in [2.75, 3.05) is 26.2 Å². The van der Waals surface area contributed by atoms with Crippen LogP contribution in [-0.2, 0) is 22.7 Å². The van der Waals surface area contributed by atoms with E-state index < -0.39 is 24.3 Å². The molecule has 0 aromatic carbocycles. The lowest BCUT2D eigenvalue weighted by atomic mass is 10.0. The van der Waals surface area contributed by atoms with E-state index in [1.165, 1.54) is 41.5 Å². The molecule has 2 atom stereocenters. The van der Waals surface area contributed by atoms with E-state index in [1.54, 1.807) is 0 Å².